The molecule has 0 aliphatic heterocycles. The van der Waals surface area contributed by atoms with Crippen molar-refractivity contribution in [2.45, 2.75) is 12.7 Å². The quantitative estimate of drug-likeness (QED) is 0.182. The van der Waals surface area contributed by atoms with Gasteiger partial charge in [0.15, 0.2) is 0 Å². The zero-order chi connectivity index (χ0) is 28.1. The molecule has 0 spiro atoms. The summed E-state index contributed by atoms with van der Waals surface area (Å²) in [4.78, 5) is 15.8. The third-order valence-electron chi connectivity index (χ3n) is 4.68. The number of carbonyl (C=O) groups excluding carboxylic acids is 1. The first kappa shape index (κ1) is 28.9. The number of rotatable bonds is 8. The van der Waals surface area contributed by atoms with Crippen molar-refractivity contribution in [3.05, 3.63) is 88.6 Å². The molecule has 1 heterocycles. The number of pyridine rings is 1. The molecule has 0 radical (unpaired) electrons. The van der Waals surface area contributed by atoms with E-state index in [9.17, 15) is 35.2 Å². The number of hydrogen-bond donors (Lipinski definition) is 1. The molecule has 198 valence electrons. The Kier molecular flexibility index (Phi) is 8.96. The monoisotopic (exact) mass is 612 g/mol. The second kappa shape index (κ2) is 11.8. The minimum atomic E-state index is -4.76. The second-order valence-corrected chi connectivity index (χ2v) is 16.5. The summed E-state index contributed by atoms with van der Waals surface area (Å²) >= 11 is -1.87. The van der Waals surface area contributed by atoms with E-state index in [-0.39, 0.29) is 33.3 Å². The van der Waals surface area contributed by atoms with E-state index in [2.05, 4.69) is 16.2 Å². The average molecular weight is 612 g/mol. The maximum atomic E-state index is 14.5. The number of carbonyl (C=O) groups is 1. The zero-order valence-electron chi connectivity index (χ0n) is 19.4. The van der Waals surface area contributed by atoms with Gasteiger partial charge in [-0.2, -0.15) is 13.2 Å². The summed E-state index contributed by atoms with van der Waals surface area (Å²) < 4.78 is 95.6. The van der Waals surface area contributed by atoms with Crippen LogP contribution >= 0.6 is 0 Å². The maximum absolute atomic E-state index is 14.5. The Morgan fingerprint density at radius 1 is 1.16 bits per heavy atom. The van der Waals surface area contributed by atoms with Crippen LogP contribution < -0.4 is 14.4 Å². The normalized spacial score (nSPS) is 12.1. The molecule has 1 aromatic heterocycles. The van der Waals surface area contributed by atoms with Gasteiger partial charge >= 0.3 is 162 Å². The van der Waals surface area contributed by atoms with E-state index in [1.807, 2.05) is 0 Å². The molecule has 0 fully saturated rings. The van der Waals surface area contributed by atoms with E-state index in [4.69, 9.17) is 11.2 Å². The van der Waals surface area contributed by atoms with Crippen LogP contribution in [0.4, 0.5) is 22.0 Å². The summed E-state index contributed by atoms with van der Waals surface area (Å²) in [5.41, 5.74) is -0.858. The van der Waals surface area contributed by atoms with Crippen molar-refractivity contribution < 1.29 is 39.9 Å². The number of terminal acetylenes is 1. The fourth-order valence-electron chi connectivity index (χ4n) is 3.01. The van der Waals surface area contributed by atoms with Gasteiger partial charge in [0, 0.05) is 0 Å². The summed E-state index contributed by atoms with van der Waals surface area (Å²) in [6.45, 7) is -0.169. The van der Waals surface area contributed by atoms with Crippen molar-refractivity contribution in [1.29, 1.82) is 0 Å². The molecule has 0 bridgehead atoms. The van der Waals surface area contributed by atoms with E-state index in [0.29, 0.717) is 6.07 Å². The van der Waals surface area contributed by atoms with Crippen LogP contribution in [0.1, 0.15) is 22.4 Å². The van der Waals surface area contributed by atoms with E-state index in [1.54, 1.807) is 0 Å². The van der Waals surface area contributed by atoms with Crippen molar-refractivity contribution in [2.24, 2.45) is 0 Å². The van der Waals surface area contributed by atoms with Crippen LogP contribution in [0.25, 0.3) is 6.08 Å². The summed E-state index contributed by atoms with van der Waals surface area (Å²) in [6.07, 6.45) is 3.80. The molecular weight excluding hydrogens is 594 g/mol. The first-order valence-electron chi connectivity index (χ1n) is 10.5. The Balaban J connectivity index is 1.78. The third-order valence-corrected chi connectivity index (χ3v) is 9.94. The summed E-state index contributed by atoms with van der Waals surface area (Å²) in [5, 5.41) is 2.47. The van der Waals surface area contributed by atoms with Crippen LogP contribution in [0, 0.1) is 24.0 Å². The molecule has 13 heteroatoms. The third kappa shape index (κ3) is 8.16. The van der Waals surface area contributed by atoms with Gasteiger partial charge in [-0.15, -0.1) is 0 Å². The first-order chi connectivity index (χ1) is 17.7. The Hall–Kier alpha value is -3.68. The van der Waals surface area contributed by atoms with Gasteiger partial charge in [-0.05, 0) is 24.3 Å². The number of hydrogen-bond acceptors (Lipinski definition) is 5. The standard InChI is InChI=1S/C25H18AsF5N2O4S/c1-3-16-12-15(13-20(28)23(16)26-38(2,35)36)14-32-22(34)11-5-17-4-10-21(25(29,30)31)33-24(17)37-19-8-6-18(27)7-9-19/h1,4-13,26H,14H2,2H3,(H,32,34). The molecular formula is C25H18AsF5N2O4S. The van der Waals surface area contributed by atoms with Crippen molar-refractivity contribution in [1.82, 2.24) is 10.3 Å². The van der Waals surface area contributed by atoms with Gasteiger partial charge in [0.1, 0.15) is 17.3 Å². The molecule has 0 aliphatic carbocycles. The minimum absolute atomic E-state index is 0.0192. The van der Waals surface area contributed by atoms with Crippen LogP contribution in [0.5, 0.6) is 11.6 Å². The molecule has 3 aromatic rings. The van der Waals surface area contributed by atoms with Gasteiger partial charge in [0.25, 0.3) is 0 Å². The van der Waals surface area contributed by atoms with Crippen LogP contribution in [0.3, 0.4) is 0 Å². The van der Waals surface area contributed by atoms with E-state index in [1.165, 1.54) is 18.2 Å². The molecule has 0 saturated heterocycles. The molecule has 1 unspecified atom stereocenters. The zero-order valence-corrected chi connectivity index (χ0v) is 22.4. The number of benzene rings is 2. The van der Waals surface area contributed by atoms with Crippen molar-refractivity contribution in [3.63, 3.8) is 0 Å². The molecule has 0 aliphatic rings. The van der Waals surface area contributed by atoms with E-state index < -0.39 is 58.0 Å². The average Bonchev–Trinajstić information content (AvgIpc) is 2.83. The topological polar surface area (TPSA) is 85.4 Å². The van der Waals surface area contributed by atoms with Crippen LogP contribution in [0.2, 0.25) is 0 Å². The number of amides is 1. The Morgan fingerprint density at radius 3 is 2.45 bits per heavy atom. The number of aromatic nitrogens is 1. The molecule has 1 atom stereocenters. The molecule has 0 saturated carbocycles. The van der Waals surface area contributed by atoms with Crippen molar-refractivity contribution in [2.75, 3.05) is 6.26 Å². The van der Waals surface area contributed by atoms with Gasteiger partial charge < -0.3 is 0 Å². The summed E-state index contributed by atoms with van der Waals surface area (Å²) in [7, 11) is -3.42. The van der Waals surface area contributed by atoms with Gasteiger partial charge in [0.05, 0.1) is 0 Å². The Labute approximate surface area is 220 Å². The fourth-order valence-corrected chi connectivity index (χ4v) is 7.69. The number of nitrogens with zero attached hydrogens (tertiary/aromatic N) is 1. The van der Waals surface area contributed by atoms with Gasteiger partial charge in [-0.1, -0.05) is 0 Å². The van der Waals surface area contributed by atoms with E-state index in [0.717, 1.165) is 42.7 Å². The van der Waals surface area contributed by atoms with Crippen molar-refractivity contribution in [3.8, 4) is 24.0 Å². The van der Waals surface area contributed by atoms with E-state index >= 15 is 0 Å². The number of ether oxygens (including phenoxy) is 1. The Morgan fingerprint density at radius 2 is 1.84 bits per heavy atom. The first-order valence-corrected chi connectivity index (χ1v) is 16.0. The van der Waals surface area contributed by atoms with Crippen molar-refractivity contribution >= 4 is 39.0 Å². The van der Waals surface area contributed by atoms with Crippen LogP contribution in [-0.4, -0.2) is 40.2 Å². The molecule has 3 rings (SSSR count). The summed E-state index contributed by atoms with van der Waals surface area (Å²) in [6, 6.07) is 8.73. The molecule has 2 aromatic carbocycles. The second-order valence-electron chi connectivity index (χ2n) is 7.71. The number of nitrogens with one attached hydrogen (secondary N) is 1. The van der Waals surface area contributed by atoms with Crippen LogP contribution in [-0.2, 0) is 25.6 Å². The summed E-state index contributed by atoms with van der Waals surface area (Å²) in [5.74, 6) is -0.246. The number of alkyl halides is 3. The Bertz CT molecular complexity index is 1530. The fraction of sp³-hybridized carbons (Fsp3) is 0.120. The van der Waals surface area contributed by atoms with Gasteiger partial charge in [-0.25, -0.2) is 4.39 Å². The predicted molar refractivity (Wildman–Crippen MR) is 133 cm³/mol. The molecule has 6 nitrogen and oxygen atoms in total. The molecule has 1 N–H and O–H groups in total. The predicted octanol–water partition coefficient (Wildman–Crippen LogP) is 3.50. The molecule has 1 amide bonds. The molecule has 38 heavy (non-hydrogen) atoms. The van der Waals surface area contributed by atoms with Gasteiger partial charge in [-0.3, -0.25) is 0 Å². The van der Waals surface area contributed by atoms with Gasteiger partial charge in [0.2, 0.25) is 0 Å². The number of halogens is 5. The van der Waals surface area contributed by atoms with Crippen LogP contribution in [0.15, 0.2) is 54.6 Å². The SMILES string of the molecule is C#Cc1cc(CNC(=O)C=Cc2ccc(C(F)(F)F)nc2Oc2ccc(F)cc2)cc(F)c1[AsH]S(C)(=O)=O.